The lowest BCUT2D eigenvalue weighted by Gasteiger charge is -2.15. The quantitative estimate of drug-likeness (QED) is 0.639. The highest BCUT2D eigenvalue weighted by atomic mass is 35.5. The predicted molar refractivity (Wildman–Crippen MR) is 102 cm³/mol. The first-order chi connectivity index (χ1) is 12.6. The highest BCUT2D eigenvalue weighted by Crippen LogP contribution is 2.56. The van der Waals surface area contributed by atoms with Gasteiger partial charge in [-0.2, -0.15) is 0 Å². The van der Waals surface area contributed by atoms with Crippen LogP contribution in [-0.4, -0.2) is 23.1 Å². The van der Waals surface area contributed by atoms with E-state index in [1.807, 2.05) is 6.07 Å². The van der Waals surface area contributed by atoms with Gasteiger partial charge in [-0.3, -0.25) is 0 Å². The molecule has 0 radical (unpaired) electrons. The SMILES string of the molecule is Fc1c(Nc2ncnc3ccc([C@]45CNC[C@H]4C5)cc23)ccc(Cl)c1Cl. The molecule has 132 valence electrons. The fourth-order valence-corrected chi connectivity index (χ4v) is 4.32. The molecule has 1 aliphatic heterocycles. The van der Waals surface area contributed by atoms with Gasteiger partial charge in [0, 0.05) is 17.3 Å². The lowest BCUT2D eigenvalue weighted by molar-refractivity contribution is 0.632. The van der Waals surface area contributed by atoms with Crippen molar-refractivity contribution in [3.8, 4) is 0 Å². The average molecular weight is 389 g/mol. The molecule has 0 unspecified atom stereocenters. The molecule has 7 heteroatoms. The minimum Gasteiger partial charge on any atom is -0.337 e. The Morgan fingerprint density at radius 2 is 2.08 bits per heavy atom. The first-order valence-corrected chi connectivity index (χ1v) is 9.20. The summed E-state index contributed by atoms with van der Waals surface area (Å²) in [7, 11) is 0. The summed E-state index contributed by atoms with van der Waals surface area (Å²) in [6.45, 7) is 2.07. The predicted octanol–water partition coefficient (Wildman–Crippen LogP) is 4.68. The number of hydrogen-bond donors (Lipinski definition) is 2. The van der Waals surface area contributed by atoms with Gasteiger partial charge in [0.1, 0.15) is 12.1 Å². The van der Waals surface area contributed by atoms with Crippen molar-refractivity contribution in [2.24, 2.45) is 5.92 Å². The summed E-state index contributed by atoms with van der Waals surface area (Å²) < 4.78 is 14.4. The van der Waals surface area contributed by atoms with E-state index in [0.717, 1.165) is 24.0 Å². The Kier molecular flexibility index (Phi) is 3.61. The summed E-state index contributed by atoms with van der Waals surface area (Å²) in [5, 5.41) is 7.44. The van der Waals surface area contributed by atoms with Crippen molar-refractivity contribution in [1.29, 1.82) is 0 Å². The van der Waals surface area contributed by atoms with Crippen LogP contribution in [0.15, 0.2) is 36.7 Å². The van der Waals surface area contributed by atoms with Crippen LogP contribution >= 0.6 is 23.2 Å². The third-order valence-electron chi connectivity index (χ3n) is 5.56. The van der Waals surface area contributed by atoms with Gasteiger partial charge in [-0.25, -0.2) is 14.4 Å². The normalized spacial score (nSPS) is 23.9. The smallest absolute Gasteiger partial charge is 0.166 e. The summed E-state index contributed by atoms with van der Waals surface area (Å²) in [6, 6.07) is 9.39. The minimum atomic E-state index is -0.595. The molecule has 1 saturated carbocycles. The van der Waals surface area contributed by atoms with Gasteiger partial charge in [-0.15, -0.1) is 0 Å². The number of anilines is 2. The van der Waals surface area contributed by atoms with Crippen LogP contribution in [-0.2, 0) is 5.41 Å². The van der Waals surface area contributed by atoms with Crippen LogP contribution in [0.5, 0.6) is 0 Å². The summed E-state index contributed by atoms with van der Waals surface area (Å²) >= 11 is 11.8. The molecule has 3 aromatic rings. The Morgan fingerprint density at radius 1 is 1.19 bits per heavy atom. The molecule has 2 heterocycles. The highest BCUT2D eigenvalue weighted by Gasteiger charge is 2.58. The fourth-order valence-electron chi connectivity index (χ4n) is 4.01. The fraction of sp³-hybridized carbons (Fsp3) is 0.263. The van der Waals surface area contributed by atoms with Crippen LogP contribution in [0.25, 0.3) is 10.9 Å². The molecule has 1 saturated heterocycles. The van der Waals surface area contributed by atoms with Gasteiger partial charge in [0.15, 0.2) is 5.82 Å². The molecule has 2 N–H and O–H groups in total. The molecule has 2 atom stereocenters. The van der Waals surface area contributed by atoms with Gasteiger partial charge in [0.05, 0.1) is 21.2 Å². The van der Waals surface area contributed by atoms with Crippen molar-refractivity contribution in [3.05, 3.63) is 58.1 Å². The molecule has 2 aliphatic rings. The van der Waals surface area contributed by atoms with Gasteiger partial charge in [0.2, 0.25) is 0 Å². The second-order valence-corrected chi connectivity index (χ2v) is 7.78. The molecule has 0 spiro atoms. The van der Waals surface area contributed by atoms with Gasteiger partial charge in [-0.05, 0) is 48.7 Å². The third kappa shape index (κ3) is 2.38. The second-order valence-electron chi connectivity index (χ2n) is 6.99. The van der Waals surface area contributed by atoms with E-state index >= 15 is 0 Å². The van der Waals surface area contributed by atoms with Gasteiger partial charge in [-0.1, -0.05) is 29.3 Å². The summed E-state index contributed by atoms with van der Waals surface area (Å²) in [5.41, 5.74) is 2.56. The number of fused-ring (bicyclic) bond motifs is 2. The lowest BCUT2D eigenvalue weighted by Crippen LogP contribution is -2.19. The summed E-state index contributed by atoms with van der Waals surface area (Å²) in [6.07, 6.45) is 2.68. The average Bonchev–Trinajstić information content (AvgIpc) is 3.23. The van der Waals surface area contributed by atoms with Crippen molar-refractivity contribution in [3.63, 3.8) is 0 Å². The van der Waals surface area contributed by atoms with Crippen molar-refractivity contribution >= 4 is 45.6 Å². The highest BCUT2D eigenvalue weighted by molar-refractivity contribution is 6.42. The van der Waals surface area contributed by atoms with E-state index in [0.29, 0.717) is 11.7 Å². The zero-order valence-corrected chi connectivity index (χ0v) is 15.2. The van der Waals surface area contributed by atoms with E-state index in [1.165, 1.54) is 18.3 Å². The number of aromatic nitrogens is 2. The Hall–Kier alpha value is -1.95. The van der Waals surface area contributed by atoms with Crippen molar-refractivity contribution in [2.45, 2.75) is 11.8 Å². The van der Waals surface area contributed by atoms with Crippen LogP contribution in [0.4, 0.5) is 15.9 Å². The van der Waals surface area contributed by atoms with Crippen LogP contribution in [0.3, 0.4) is 0 Å². The Morgan fingerprint density at radius 3 is 2.85 bits per heavy atom. The third-order valence-corrected chi connectivity index (χ3v) is 6.34. The maximum atomic E-state index is 14.4. The Labute approximate surface area is 159 Å². The molecule has 4 nitrogen and oxygen atoms in total. The number of nitrogens with zero attached hydrogens (tertiary/aromatic N) is 2. The molecule has 26 heavy (non-hydrogen) atoms. The maximum Gasteiger partial charge on any atom is 0.166 e. The summed E-state index contributed by atoms with van der Waals surface area (Å²) in [5.74, 6) is 0.658. The molecule has 2 aromatic carbocycles. The van der Waals surface area contributed by atoms with Gasteiger partial charge in [0.25, 0.3) is 0 Å². The topological polar surface area (TPSA) is 49.8 Å². The van der Waals surface area contributed by atoms with E-state index in [2.05, 4.69) is 32.7 Å². The largest absolute Gasteiger partial charge is 0.337 e. The molecule has 0 amide bonds. The Bertz CT molecular complexity index is 1040. The maximum absolute atomic E-state index is 14.4. The molecular formula is C19H15Cl2FN4. The zero-order valence-electron chi connectivity index (χ0n) is 13.7. The Balaban J connectivity index is 1.59. The number of hydrogen-bond acceptors (Lipinski definition) is 4. The number of rotatable bonds is 3. The van der Waals surface area contributed by atoms with E-state index in [1.54, 1.807) is 12.1 Å². The monoisotopic (exact) mass is 388 g/mol. The molecule has 2 fully saturated rings. The number of piperidine rings is 1. The molecule has 5 rings (SSSR count). The van der Waals surface area contributed by atoms with Crippen LogP contribution in [0.1, 0.15) is 12.0 Å². The van der Waals surface area contributed by atoms with E-state index in [-0.39, 0.29) is 21.1 Å². The first kappa shape index (κ1) is 16.2. The van der Waals surface area contributed by atoms with Crippen LogP contribution < -0.4 is 10.6 Å². The number of nitrogens with one attached hydrogen (secondary N) is 2. The van der Waals surface area contributed by atoms with Crippen LogP contribution in [0.2, 0.25) is 10.0 Å². The molecule has 1 aromatic heterocycles. The van der Waals surface area contributed by atoms with E-state index < -0.39 is 5.82 Å². The molecule has 1 aliphatic carbocycles. The van der Waals surface area contributed by atoms with Gasteiger partial charge >= 0.3 is 0 Å². The van der Waals surface area contributed by atoms with Crippen molar-refractivity contribution in [2.75, 3.05) is 18.4 Å². The van der Waals surface area contributed by atoms with Crippen LogP contribution in [0, 0.1) is 11.7 Å². The van der Waals surface area contributed by atoms with Crippen molar-refractivity contribution < 1.29 is 4.39 Å². The van der Waals surface area contributed by atoms with Crippen molar-refractivity contribution in [1.82, 2.24) is 15.3 Å². The zero-order chi connectivity index (χ0) is 17.9. The van der Waals surface area contributed by atoms with Gasteiger partial charge < -0.3 is 10.6 Å². The van der Waals surface area contributed by atoms with E-state index in [9.17, 15) is 4.39 Å². The molecule has 0 bridgehead atoms. The second kappa shape index (κ2) is 5.78. The number of halogens is 3. The minimum absolute atomic E-state index is 0.104. The lowest BCUT2D eigenvalue weighted by atomic mass is 9.94. The summed E-state index contributed by atoms with van der Waals surface area (Å²) in [4.78, 5) is 8.65. The number of benzene rings is 2. The standard InChI is InChI=1S/C19H15Cl2FN4/c20-13-2-4-15(17(22)16(13)21)26-18-12-5-10(1-3-14(12)24-9-25-18)19-6-11(19)7-23-8-19/h1-5,9,11,23H,6-8H2,(H,24,25,26)/t11-,19+/m1/s1. The first-order valence-electron chi connectivity index (χ1n) is 8.45. The molecular weight excluding hydrogens is 374 g/mol. The van der Waals surface area contributed by atoms with E-state index in [4.69, 9.17) is 23.2 Å².